The number of nitrogens with two attached hydrogens (primary N) is 2. The molecule has 0 saturated carbocycles. The minimum atomic E-state index is -0.684. The third-order valence-corrected chi connectivity index (χ3v) is 3.56. The Bertz CT molecular complexity index is 737. The molecule has 0 saturated heterocycles. The van der Waals surface area contributed by atoms with E-state index in [0.717, 1.165) is 10.0 Å². The minimum Gasteiger partial charge on any atom is -0.350 e. The third kappa shape index (κ3) is 6.45. The van der Waals surface area contributed by atoms with Crippen LogP contribution < -0.4 is 27.4 Å². The van der Waals surface area contributed by atoms with E-state index in [1.165, 1.54) is 12.4 Å². The van der Waals surface area contributed by atoms with E-state index in [4.69, 9.17) is 11.5 Å². The highest BCUT2D eigenvalue weighted by atomic mass is 79.9. The number of amides is 3. The minimum absolute atomic E-state index is 0.0800. The Morgan fingerprint density at radius 3 is 2.52 bits per heavy atom. The standard InChI is InChI=1S/C15H18BrN7O2/c16-11-3-1-2-9(4-11)5-19-12(24)8-22-15(25)23-14-20-6-10(7-21-14)13(17)18/h1-4,6-7,13H,5,8,17-18H2,(H,19,24)(H2,20,21,22,23,25). The summed E-state index contributed by atoms with van der Waals surface area (Å²) in [5.74, 6) is -0.239. The van der Waals surface area contributed by atoms with Crippen LogP contribution in [0.15, 0.2) is 41.1 Å². The number of nitrogens with one attached hydrogen (secondary N) is 3. The van der Waals surface area contributed by atoms with Crippen molar-refractivity contribution >= 4 is 33.8 Å². The van der Waals surface area contributed by atoms with Gasteiger partial charge in [-0.25, -0.2) is 14.8 Å². The zero-order valence-electron chi connectivity index (χ0n) is 13.2. The average molecular weight is 408 g/mol. The molecule has 132 valence electrons. The zero-order chi connectivity index (χ0) is 18.2. The molecule has 3 amide bonds. The molecule has 1 heterocycles. The Hall–Kier alpha value is -2.56. The van der Waals surface area contributed by atoms with Crippen LogP contribution >= 0.6 is 15.9 Å². The quantitative estimate of drug-likeness (QED) is 0.442. The lowest BCUT2D eigenvalue weighted by molar-refractivity contribution is -0.120. The molecule has 0 aliphatic rings. The second-order valence-corrected chi connectivity index (χ2v) is 6.00. The molecule has 0 bridgehead atoms. The smallest absolute Gasteiger partial charge is 0.322 e. The molecule has 25 heavy (non-hydrogen) atoms. The topological polar surface area (TPSA) is 148 Å². The molecule has 0 unspecified atom stereocenters. The number of nitrogens with zero attached hydrogens (tertiary/aromatic N) is 2. The molecule has 0 aliphatic heterocycles. The van der Waals surface area contributed by atoms with Crippen molar-refractivity contribution in [1.82, 2.24) is 20.6 Å². The monoisotopic (exact) mass is 407 g/mol. The Morgan fingerprint density at radius 2 is 1.88 bits per heavy atom. The molecular formula is C15H18BrN7O2. The van der Waals surface area contributed by atoms with Crippen LogP contribution in [0, 0.1) is 0 Å². The van der Waals surface area contributed by atoms with E-state index >= 15 is 0 Å². The second kappa shape index (κ2) is 9.06. The summed E-state index contributed by atoms with van der Waals surface area (Å²) in [5, 5.41) is 7.52. The molecule has 0 radical (unpaired) electrons. The first kappa shape index (κ1) is 18.8. The van der Waals surface area contributed by atoms with Gasteiger partial charge in [-0.3, -0.25) is 10.1 Å². The van der Waals surface area contributed by atoms with Crippen LogP contribution in [0.2, 0.25) is 0 Å². The first-order valence-electron chi connectivity index (χ1n) is 7.33. The molecule has 2 rings (SSSR count). The molecule has 1 aromatic carbocycles. The lowest BCUT2D eigenvalue weighted by Crippen LogP contribution is -2.39. The maximum Gasteiger partial charge on any atom is 0.322 e. The van der Waals surface area contributed by atoms with Gasteiger partial charge in [-0.2, -0.15) is 0 Å². The summed E-state index contributed by atoms with van der Waals surface area (Å²) >= 11 is 3.36. The normalized spacial score (nSPS) is 10.4. The number of hydrogen-bond acceptors (Lipinski definition) is 6. The lowest BCUT2D eigenvalue weighted by Gasteiger charge is -2.09. The van der Waals surface area contributed by atoms with Gasteiger partial charge in [0, 0.05) is 29.0 Å². The molecule has 0 atom stereocenters. The number of hydrogen-bond donors (Lipinski definition) is 5. The van der Waals surface area contributed by atoms with E-state index < -0.39 is 12.2 Å². The van der Waals surface area contributed by atoms with Crippen LogP contribution in [0.3, 0.4) is 0 Å². The van der Waals surface area contributed by atoms with E-state index in [9.17, 15) is 9.59 Å². The number of urea groups is 1. The molecule has 1 aromatic heterocycles. The fourth-order valence-electron chi connectivity index (χ4n) is 1.79. The molecule has 2 aromatic rings. The lowest BCUT2D eigenvalue weighted by atomic mass is 10.2. The maximum atomic E-state index is 11.8. The Kier molecular flexibility index (Phi) is 6.81. The number of halogens is 1. The van der Waals surface area contributed by atoms with Crippen LogP contribution in [0.25, 0.3) is 0 Å². The molecule has 0 aliphatic carbocycles. The number of rotatable bonds is 6. The van der Waals surface area contributed by atoms with Crippen molar-refractivity contribution in [3.05, 3.63) is 52.3 Å². The van der Waals surface area contributed by atoms with Crippen molar-refractivity contribution in [2.45, 2.75) is 12.7 Å². The van der Waals surface area contributed by atoms with Gasteiger partial charge in [0.1, 0.15) is 0 Å². The Labute approximate surface area is 152 Å². The van der Waals surface area contributed by atoms with Gasteiger partial charge in [-0.15, -0.1) is 0 Å². The van der Waals surface area contributed by atoms with E-state index in [2.05, 4.69) is 41.8 Å². The SMILES string of the molecule is NC(N)c1cnc(NC(=O)NCC(=O)NCc2cccc(Br)c2)nc1. The average Bonchev–Trinajstić information content (AvgIpc) is 2.58. The van der Waals surface area contributed by atoms with Crippen LogP contribution in [0.5, 0.6) is 0 Å². The van der Waals surface area contributed by atoms with E-state index in [-0.39, 0.29) is 18.4 Å². The Balaban J connectivity index is 1.72. The molecule has 10 heteroatoms. The number of anilines is 1. The van der Waals surface area contributed by atoms with Crippen molar-refractivity contribution in [3.63, 3.8) is 0 Å². The molecule has 9 nitrogen and oxygen atoms in total. The highest BCUT2D eigenvalue weighted by Crippen LogP contribution is 2.11. The van der Waals surface area contributed by atoms with Crippen molar-refractivity contribution in [1.29, 1.82) is 0 Å². The van der Waals surface area contributed by atoms with Crippen molar-refractivity contribution in [3.8, 4) is 0 Å². The van der Waals surface area contributed by atoms with Gasteiger partial charge >= 0.3 is 6.03 Å². The van der Waals surface area contributed by atoms with Crippen LogP contribution in [0.1, 0.15) is 17.3 Å². The molecule has 0 fully saturated rings. The second-order valence-electron chi connectivity index (χ2n) is 5.08. The first-order valence-corrected chi connectivity index (χ1v) is 8.12. The van der Waals surface area contributed by atoms with Crippen molar-refractivity contribution in [2.24, 2.45) is 11.5 Å². The summed E-state index contributed by atoms with van der Waals surface area (Å²) in [6, 6.07) is 6.96. The zero-order valence-corrected chi connectivity index (χ0v) is 14.8. The fraction of sp³-hybridized carbons (Fsp3) is 0.200. The summed E-state index contributed by atoms with van der Waals surface area (Å²) in [4.78, 5) is 31.3. The van der Waals surface area contributed by atoms with E-state index in [1.807, 2.05) is 24.3 Å². The Morgan fingerprint density at radius 1 is 1.16 bits per heavy atom. The van der Waals surface area contributed by atoms with Crippen molar-refractivity contribution in [2.75, 3.05) is 11.9 Å². The summed E-state index contributed by atoms with van der Waals surface area (Å²) in [6.07, 6.45) is 2.15. The van der Waals surface area contributed by atoms with Gasteiger partial charge in [0.2, 0.25) is 11.9 Å². The predicted molar refractivity (Wildman–Crippen MR) is 96.2 cm³/mol. The number of carbonyl (C=O) groups is 2. The van der Waals surface area contributed by atoms with E-state index in [1.54, 1.807) is 0 Å². The van der Waals surface area contributed by atoms with Crippen LogP contribution in [-0.2, 0) is 11.3 Å². The molecular weight excluding hydrogens is 390 g/mol. The third-order valence-electron chi connectivity index (χ3n) is 3.07. The van der Waals surface area contributed by atoms with Crippen molar-refractivity contribution < 1.29 is 9.59 Å². The van der Waals surface area contributed by atoms with Crippen LogP contribution in [-0.4, -0.2) is 28.5 Å². The van der Waals surface area contributed by atoms with Gasteiger partial charge in [-0.1, -0.05) is 28.1 Å². The van der Waals surface area contributed by atoms with Gasteiger partial charge in [0.05, 0.1) is 12.7 Å². The van der Waals surface area contributed by atoms with Gasteiger partial charge in [-0.05, 0) is 17.7 Å². The van der Waals surface area contributed by atoms with E-state index in [0.29, 0.717) is 12.1 Å². The largest absolute Gasteiger partial charge is 0.350 e. The summed E-state index contributed by atoms with van der Waals surface area (Å²) in [7, 11) is 0. The number of carbonyl (C=O) groups excluding carboxylic acids is 2. The van der Waals surface area contributed by atoms with Gasteiger partial charge < -0.3 is 22.1 Å². The van der Waals surface area contributed by atoms with Crippen LogP contribution in [0.4, 0.5) is 10.7 Å². The number of benzene rings is 1. The highest BCUT2D eigenvalue weighted by molar-refractivity contribution is 9.10. The first-order chi connectivity index (χ1) is 11.9. The van der Waals surface area contributed by atoms with Gasteiger partial charge in [0.15, 0.2) is 0 Å². The fourth-order valence-corrected chi connectivity index (χ4v) is 2.24. The maximum absolute atomic E-state index is 11.8. The highest BCUT2D eigenvalue weighted by Gasteiger charge is 2.08. The van der Waals surface area contributed by atoms with Gasteiger partial charge in [0.25, 0.3) is 0 Å². The number of aromatic nitrogens is 2. The molecule has 7 N–H and O–H groups in total. The summed E-state index contributed by atoms with van der Waals surface area (Å²) in [5.41, 5.74) is 12.4. The summed E-state index contributed by atoms with van der Waals surface area (Å²) in [6.45, 7) is 0.192. The predicted octanol–water partition coefficient (Wildman–Crippen LogP) is 0.593. The summed E-state index contributed by atoms with van der Waals surface area (Å²) < 4.78 is 0.929. The molecule has 0 spiro atoms.